The molecular formula is C20H13N3O. The first kappa shape index (κ1) is 15.1. The van der Waals surface area contributed by atoms with E-state index in [4.69, 9.17) is 4.42 Å². The standard InChI is InChI=1S/C20H13N3O/c21-14-17(15-22)19-10-4-5-11-23(19)20(13-18-9-6-12-24-18)16-7-2-1-3-8-16/h1-13H/b20-13+. The molecule has 1 aliphatic heterocycles. The Bertz CT molecular complexity index is 902. The molecule has 0 saturated carbocycles. The van der Waals surface area contributed by atoms with Crippen molar-refractivity contribution in [1.82, 2.24) is 4.90 Å². The number of furan rings is 1. The Kier molecular flexibility index (Phi) is 4.42. The molecule has 1 aliphatic rings. The molecule has 3 rings (SSSR count). The summed E-state index contributed by atoms with van der Waals surface area (Å²) in [6, 6.07) is 17.3. The van der Waals surface area contributed by atoms with Crippen LogP contribution in [0, 0.1) is 22.7 Å². The third-order valence-corrected chi connectivity index (χ3v) is 3.49. The smallest absolute Gasteiger partial charge is 0.153 e. The van der Waals surface area contributed by atoms with Crippen molar-refractivity contribution in [3.05, 3.63) is 95.7 Å². The van der Waals surface area contributed by atoms with E-state index < -0.39 is 0 Å². The number of nitrogens with zero attached hydrogens (tertiary/aromatic N) is 3. The van der Waals surface area contributed by atoms with Crippen LogP contribution in [0.3, 0.4) is 0 Å². The minimum Gasteiger partial charge on any atom is -0.465 e. The number of hydrogen-bond donors (Lipinski definition) is 0. The molecule has 0 radical (unpaired) electrons. The van der Waals surface area contributed by atoms with Crippen LogP contribution in [0.15, 0.2) is 88.8 Å². The van der Waals surface area contributed by atoms with E-state index in [1.807, 2.05) is 77.9 Å². The number of allylic oxidation sites excluding steroid dienone is 4. The topological polar surface area (TPSA) is 64.0 Å². The first-order chi connectivity index (χ1) is 11.8. The van der Waals surface area contributed by atoms with Crippen LogP contribution in [0.25, 0.3) is 11.8 Å². The van der Waals surface area contributed by atoms with Crippen LogP contribution >= 0.6 is 0 Å². The second kappa shape index (κ2) is 7.00. The highest BCUT2D eigenvalue weighted by Gasteiger charge is 2.18. The maximum absolute atomic E-state index is 9.25. The van der Waals surface area contributed by atoms with Crippen molar-refractivity contribution in [2.45, 2.75) is 0 Å². The summed E-state index contributed by atoms with van der Waals surface area (Å²) in [7, 11) is 0. The van der Waals surface area contributed by atoms with Crippen molar-refractivity contribution in [2.24, 2.45) is 0 Å². The fourth-order valence-electron chi connectivity index (χ4n) is 2.41. The van der Waals surface area contributed by atoms with Gasteiger partial charge in [0.25, 0.3) is 0 Å². The molecule has 4 heteroatoms. The van der Waals surface area contributed by atoms with Gasteiger partial charge in [0.15, 0.2) is 5.57 Å². The molecule has 114 valence electrons. The fraction of sp³-hybridized carbons (Fsp3) is 0. The molecule has 0 spiro atoms. The van der Waals surface area contributed by atoms with Crippen LogP contribution in [-0.2, 0) is 0 Å². The summed E-state index contributed by atoms with van der Waals surface area (Å²) in [5, 5.41) is 18.5. The predicted molar refractivity (Wildman–Crippen MR) is 91.4 cm³/mol. The largest absolute Gasteiger partial charge is 0.465 e. The number of nitriles is 2. The maximum Gasteiger partial charge on any atom is 0.153 e. The molecule has 0 saturated heterocycles. The average Bonchev–Trinajstić information content (AvgIpc) is 3.15. The summed E-state index contributed by atoms with van der Waals surface area (Å²) in [6.07, 6.45) is 10.7. The zero-order chi connectivity index (χ0) is 16.8. The van der Waals surface area contributed by atoms with Gasteiger partial charge in [0.1, 0.15) is 17.9 Å². The van der Waals surface area contributed by atoms with Gasteiger partial charge in [-0.15, -0.1) is 0 Å². The summed E-state index contributed by atoms with van der Waals surface area (Å²) < 4.78 is 5.43. The maximum atomic E-state index is 9.25. The summed E-state index contributed by atoms with van der Waals surface area (Å²) in [5.41, 5.74) is 2.34. The minimum atomic E-state index is 0.0527. The molecule has 4 nitrogen and oxygen atoms in total. The summed E-state index contributed by atoms with van der Waals surface area (Å²) in [6.45, 7) is 0. The van der Waals surface area contributed by atoms with E-state index in [1.165, 1.54) is 0 Å². The van der Waals surface area contributed by atoms with Gasteiger partial charge < -0.3 is 9.32 Å². The summed E-state index contributed by atoms with van der Waals surface area (Å²) in [4.78, 5) is 1.82. The Labute approximate surface area is 140 Å². The van der Waals surface area contributed by atoms with Crippen LogP contribution in [-0.4, -0.2) is 4.90 Å². The van der Waals surface area contributed by atoms with E-state index >= 15 is 0 Å². The number of benzene rings is 1. The van der Waals surface area contributed by atoms with Crippen molar-refractivity contribution < 1.29 is 4.42 Å². The van der Waals surface area contributed by atoms with Gasteiger partial charge in [0.05, 0.1) is 17.7 Å². The molecule has 0 amide bonds. The van der Waals surface area contributed by atoms with Crippen LogP contribution in [0.2, 0.25) is 0 Å². The molecular weight excluding hydrogens is 298 g/mol. The Balaban J connectivity index is 2.18. The van der Waals surface area contributed by atoms with E-state index in [1.54, 1.807) is 18.4 Å². The zero-order valence-electron chi connectivity index (χ0n) is 12.8. The number of rotatable bonds is 3. The molecule has 0 aliphatic carbocycles. The minimum absolute atomic E-state index is 0.0527. The van der Waals surface area contributed by atoms with Gasteiger partial charge in [-0.3, -0.25) is 0 Å². The van der Waals surface area contributed by atoms with Gasteiger partial charge in [-0.25, -0.2) is 0 Å². The SMILES string of the molecule is N#CC(C#N)=C1C=CC=CN1/C(=C/c1ccco1)c1ccccc1. The Morgan fingerprint density at radius 3 is 2.46 bits per heavy atom. The van der Waals surface area contributed by atoms with E-state index in [0.717, 1.165) is 11.3 Å². The van der Waals surface area contributed by atoms with Gasteiger partial charge in [-0.1, -0.05) is 36.4 Å². The van der Waals surface area contributed by atoms with Crippen LogP contribution in [0.5, 0.6) is 0 Å². The van der Waals surface area contributed by atoms with Gasteiger partial charge in [0.2, 0.25) is 0 Å². The molecule has 0 unspecified atom stereocenters. The zero-order valence-corrected chi connectivity index (χ0v) is 12.8. The summed E-state index contributed by atoms with van der Waals surface area (Å²) in [5.74, 6) is 0.687. The Morgan fingerprint density at radius 1 is 1.00 bits per heavy atom. The molecule has 0 fully saturated rings. The van der Waals surface area contributed by atoms with Gasteiger partial charge in [-0.05, 0) is 29.8 Å². The van der Waals surface area contributed by atoms with E-state index in [-0.39, 0.29) is 5.57 Å². The van der Waals surface area contributed by atoms with E-state index in [0.29, 0.717) is 11.5 Å². The highest BCUT2D eigenvalue weighted by molar-refractivity contribution is 5.81. The normalized spacial score (nSPS) is 13.5. The van der Waals surface area contributed by atoms with E-state index in [2.05, 4.69) is 0 Å². The monoisotopic (exact) mass is 311 g/mol. The lowest BCUT2D eigenvalue weighted by molar-refractivity contribution is 0.555. The van der Waals surface area contributed by atoms with Crippen molar-refractivity contribution in [3.8, 4) is 12.1 Å². The molecule has 2 heterocycles. The average molecular weight is 311 g/mol. The highest BCUT2D eigenvalue weighted by atomic mass is 16.3. The molecule has 24 heavy (non-hydrogen) atoms. The summed E-state index contributed by atoms with van der Waals surface area (Å²) >= 11 is 0. The second-order valence-corrected chi connectivity index (χ2v) is 4.97. The molecule has 0 atom stereocenters. The van der Waals surface area contributed by atoms with Gasteiger partial charge in [0, 0.05) is 12.3 Å². The van der Waals surface area contributed by atoms with Gasteiger partial charge in [-0.2, -0.15) is 10.5 Å². The van der Waals surface area contributed by atoms with Crippen molar-refractivity contribution >= 4 is 11.8 Å². The van der Waals surface area contributed by atoms with Crippen LogP contribution in [0.4, 0.5) is 0 Å². The molecule has 1 aromatic heterocycles. The second-order valence-electron chi connectivity index (χ2n) is 4.97. The lowest BCUT2D eigenvalue weighted by atomic mass is 10.1. The van der Waals surface area contributed by atoms with Crippen molar-refractivity contribution in [1.29, 1.82) is 10.5 Å². The third kappa shape index (κ3) is 3.04. The molecule has 1 aromatic carbocycles. The first-order valence-electron chi connectivity index (χ1n) is 7.32. The van der Waals surface area contributed by atoms with Crippen molar-refractivity contribution in [3.63, 3.8) is 0 Å². The lowest BCUT2D eigenvalue weighted by Gasteiger charge is -2.26. The van der Waals surface area contributed by atoms with Crippen LogP contribution < -0.4 is 0 Å². The predicted octanol–water partition coefficient (Wildman–Crippen LogP) is 4.46. The molecule has 0 bridgehead atoms. The fourth-order valence-corrected chi connectivity index (χ4v) is 2.41. The number of hydrogen-bond acceptors (Lipinski definition) is 4. The quantitative estimate of drug-likeness (QED) is 0.785. The third-order valence-electron chi connectivity index (χ3n) is 3.49. The van der Waals surface area contributed by atoms with E-state index in [9.17, 15) is 10.5 Å². The lowest BCUT2D eigenvalue weighted by Crippen LogP contribution is -2.17. The van der Waals surface area contributed by atoms with Gasteiger partial charge >= 0.3 is 0 Å². The molecule has 2 aromatic rings. The highest BCUT2D eigenvalue weighted by Crippen LogP contribution is 2.30. The first-order valence-corrected chi connectivity index (χ1v) is 7.32. The Hall–Kier alpha value is -3.76. The molecule has 0 N–H and O–H groups in total. The van der Waals surface area contributed by atoms with Crippen LogP contribution in [0.1, 0.15) is 11.3 Å². The Morgan fingerprint density at radius 2 is 1.79 bits per heavy atom. The van der Waals surface area contributed by atoms with Crippen molar-refractivity contribution in [2.75, 3.05) is 0 Å².